The molecule has 120 valence electrons. The van der Waals surface area contributed by atoms with Crippen molar-refractivity contribution in [1.82, 2.24) is 9.80 Å². The van der Waals surface area contributed by atoms with Crippen LogP contribution in [-0.2, 0) is 6.54 Å². The lowest BCUT2D eigenvalue weighted by Crippen LogP contribution is -2.50. The molecule has 2 bridgehead atoms. The summed E-state index contributed by atoms with van der Waals surface area (Å²) in [6.07, 6.45) is 3.46. The van der Waals surface area contributed by atoms with Gasteiger partial charge in [-0.15, -0.1) is 0 Å². The number of hydrogen-bond donors (Lipinski definition) is 2. The molecule has 1 unspecified atom stereocenters. The third-order valence-corrected chi connectivity index (χ3v) is 5.59. The maximum Gasteiger partial charge on any atom is 0.407 e. The molecule has 0 radical (unpaired) electrons. The van der Waals surface area contributed by atoms with Gasteiger partial charge in [-0.2, -0.15) is 0 Å². The van der Waals surface area contributed by atoms with Gasteiger partial charge in [-0.3, -0.25) is 0 Å². The molecule has 1 amide bonds. The van der Waals surface area contributed by atoms with Crippen LogP contribution >= 0.6 is 0 Å². The summed E-state index contributed by atoms with van der Waals surface area (Å²) >= 11 is 0. The Bertz CT molecular complexity index is 561. The normalized spacial score (nSPS) is 27.8. The molecular formula is C17H25N3O2. The van der Waals surface area contributed by atoms with Crippen molar-refractivity contribution in [2.75, 3.05) is 12.8 Å². The SMILES string of the molecule is Cc1c(N)cccc1CN(C(=O)O)C1C[C@H]2CC[C@@H](C1)N2C. The van der Waals surface area contributed by atoms with Crippen LogP contribution in [0.3, 0.4) is 0 Å². The van der Waals surface area contributed by atoms with E-state index < -0.39 is 6.09 Å². The maximum atomic E-state index is 11.8. The predicted octanol–water partition coefficient (Wildman–Crippen LogP) is 2.68. The van der Waals surface area contributed by atoms with Gasteiger partial charge in [-0.05, 0) is 56.8 Å². The van der Waals surface area contributed by atoms with Gasteiger partial charge in [0.25, 0.3) is 0 Å². The minimum atomic E-state index is -0.823. The van der Waals surface area contributed by atoms with Gasteiger partial charge >= 0.3 is 6.09 Å². The van der Waals surface area contributed by atoms with Gasteiger partial charge in [0.2, 0.25) is 0 Å². The number of rotatable bonds is 3. The van der Waals surface area contributed by atoms with E-state index in [1.165, 1.54) is 12.8 Å². The molecule has 0 spiro atoms. The molecule has 5 nitrogen and oxygen atoms in total. The molecule has 0 aliphatic carbocycles. The third-order valence-electron chi connectivity index (χ3n) is 5.59. The molecule has 2 saturated heterocycles. The summed E-state index contributed by atoms with van der Waals surface area (Å²) in [7, 11) is 2.17. The molecule has 0 saturated carbocycles. The van der Waals surface area contributed by atoms with Crippen molar-refractivity contribution in [2.45, 2.75) is 57.3 Å². The van der Waals surface area contributed by atoms with E-state index in [0.717, 1.165) is 29.7 Å². The van der Waals surface area contributed by atoms with Crippen LogP contribution in [0.4, 0.5) is 10.5 Å². The van der Waals surface area contributed by atoms with Crippen LogP contribution in [0.1, 0.15) is 36.8 Å². The Labute approximate surface area is 131 Å². The Kier molecular flexibility index (Phi) is 4.00. The van der Waals surface area contributed by atoms with E-state index in [2.05, 4.69) is 11.9 Å². The van der Waals surface area contributed by atoms with Crippen LogP contribution in [0.2, 0.25) is 0 Å². The lowest BCUT2D eigenvalue weighted by molar-refractivity contribution is 0.0658. The number of amides is 1. The summed E-state index contributed by atoms with van der Waals surface area (Å²) in [6, 6.07) is 6.92. The number of hydrogen-bond acceptors (Lipinski definition) is 3. The van der Waals surface area contributed by atoms with Gasteiger partial charge in [0, 0.05) is 30.4 Å². The summed E-state index contributed by atoms with van der Waals surface area (Å²) in [4.78, 5) is 15.9. The van der Waals surface area contributed by atoms with Crippen LogP contribution in [0.15, 0.2) is 18.2 Å². The van der Waals surface area contributed by atoms with E-state index >= 15 is 0 Å². The molecule has 3 rings (SSSR count). The highest BCUT2D eigenvalue weighted by Gasteiger charge is 2.41. The maximum absolute atomic E-state index is 11.8. The zero-order valence-corrected chi connectivity index (χ0v) is 13.3. The molecule has 1 aromatic carbocycles. The fourth-order valence-electron chi connectivity index (χ4n) is 4.05. The molecular weight excluding hydrogens is 278 g/mol. The quantitative estimate of drug-likeness (QED) is 0.842. The van der Waals surface area contributed by atoms with Crippen molar-refractivity contribution < 1.29 is 9.90 Å². The highest BCUT2D eigenvalue weighted by Crippen LogP contribution is 2.37. The zero-order valence-electron chi connectivity index (χ0n) is 13.3. The monoisotopic (exact) mass is 303 g/mol. The summed E-state index contributed by atoms with van der Waals surface area (Å²) in [5.41, 5.74) is 8.68. The van der Waals surface area contributed by atoms with Crippen LogP contribution < -0.4 is 5.73 Å². The Balaban J connectivity index is 1.79. The largest absolute Gasteiger partial charge is 0.465 e. The van der Waals surface area contributed by atoms with Crippen molar-refractivity contribution in [3.8, 4) is 0 Å². The number of fused-ring (bicyclic) bond motifs is 2. The summed E-state index contributed by atoms with van der Waals surface area (Å²) in [6.45, 7) is 2.39. The fourth-order valence-corrected chi connectivity index (χ4v) is 4.05. The van der Waals surface area contributed by atoms with E-state index in [1.54, 1.807) is 4.90 Å². The van der Waals surface area contributed by atoms with Gasteiger partial charge < -0.3 is 20.6 Å². The highest BCUT2D eigenvalue weighted by molar-refractivity contribution is 5.66. The molecule has 3 atom stereocenters. The first-order valence-corrected chi connectivity index (χ1v) is 8.03. The average Bonchev–Trinajstić information content (AvgIpc) is 2.71. The Morgan fingerprint density at radius 3 is 2.59 bits per heavy atom. The van der Waals surface area contributed by atoms with E-state index in [-0.39, 0.29) is 6.04 Å². The van der Waals surface area contributed by atoms with Crippen LogP contribution in [0.25, 0.3) is 0 Å². The smallest absolute Gasteiger partial charge is 0.407 e. The standard InChI is InChI=1S/C17H25N3O2/c1-11-12(4-3-5-16(11)18)10-20(17(21)22)15-8-13-6-7-14(9-15)19(13)2/h3-5,13-15H,6-10,18H2,1-2H3,(H,21,22)/t13-,14+,15?. The van der Waals surface area contributed by atoms with Gasteiger partial charge in [-0.1, -0.05) is 12.1 Å². The molecule has 2 fully saturated rings. The topological polar surface area (TPSA) is 69.8 Å². The van der Waals surface area contributed by atoms with Crippen LogP contribution in [-0.4, -0.2) is 46.2 Å². The molecule has 1 aromatic rings. The summed E-state index contributed by atoms with van der Waals surface area (Å²) in [5, 5.41) is 9.69. The predicted molar refractivity (Wildman–Crippen MR) is 86.8 cm³/mol. The minimum Gasteiger partial charge on any atom is -0.465 e. The number of nitrogens with two attached hydrogens (primary N) is 1. The van der Waals surface area contributed by atoms with E-state index in [4.69, 9.17) is 5.73 Å². The third kappa shape index (κ3) is 2.65. The van der Waals surface area contributed by atoms with Gasteiger partial charge in [0.15, 0.2) is 0 Å². The molecule has 0 aromatic heterocycles. The molecule has 22 heavy (non-hydrogen) atoms. The van der Waals surface area contributed by atoms with Crippen molar-refractivity contribution in [3.05, 3.63) is 29.3 Å². The van der Waals surface area contributed by atoms with Crippen molar-refractivity contribution >= 4 is 11.8 Å². The number of anilines is 1. The number of carbonyl (C=O) groups is 1. The Morgan fingerprint density at radius 2 is 2.00 bits per heavy atom. The van der Waals surface area contributed by atoms with E-state index in [0.29, 0.717) is 18.6 Å². The van der Waals surface area contributed by atoms with Gasteiger partial charge in [-0.25, -0.2) is 4.79 Å². The second kappa shape index (κ2) is 5.80. The van der Waals surface area contributed by atoms with Gasteiger partial charge in [0.05, 0.1) is 0 Å². The number of nitrogen functional groups attached to an aromatic ring is 1. The van der Waals surface area contributed by atoms with Gasteiger partial charge in [0.1, 0.15) is 0 Å². The van der Waals surface area contributed by atoms with Crippen LogP contribution in [0.5, 0.6) is 0 Å². The first-order chi connectivity index (χ1) is 10.5. The van der Waals surface area contributed by atoms with Crippen molar-refractivity contribution in [3.63, 3.8) is 0 Å². The van der Waals surface area contributed by atoms with Crippen molar-refractivity contribution in [1.29, 1.82) is 0 Å². The summed E-state index contributed by atoms with van der Waals surface area (Å²) < 4.78 is 0. The molecule has 2 aliphatic heterocycles. The summed E-state index contributed by atoms with van der Waals surface area (Å²) in [5.74, 6) is 0. The number of piperidine rings is 1. The van der Waals surface area contributed by atoms with Crippen molar-refractivity contribution in [2.24, 2.45) is 0 Å². The van der Waals surface area contributed by atoms with E-state index in [1.807, 2.05) is 25.1 Å². The Morgan fingerprint density at radius 1 is 1.36 bits per heavy atom. The lowest BCUT2D eigenvalue weighted by atomic mass is 9.95. The molecule has 5 heteroatoms. The highest BCUT2D eigenvalue weighted by atomic mass is 16.4. The average molecular weight is 303 g/mol. The number of nitrogens with zero attached hydrogens (tertiary/aromatic N) is 2. The first kappa shape index (κ1) is 15.2. The Hall–Kier alpha value is -1.75. The second-order valence-electron chi connectivity index (χ2n) is 6.72. The molecule has 2 aliphatic rings. The minimum absolute atomic E-state index is 0.118. The first-order valence-electron chi connectivity index (χ1n) is 8.03. The lowest BCUT2D eigenvalue weighted by Gasteiger charge is -2.40. The molecule has 2 heterocycles. The second-order valence-corrected chi connectivity index (χ2v) is 6.72. The van der Waals surface area contributed by atoms with Crippen LogP contribution in [0, 0.1) is 6.92 Å². The zero-order chi connectivity index (χ0) is 15.9. The number of benzene rings is 1. The number of carboxylic acid groups (broad SMARTS) is 1. The molecule has 3 N–H and O–H groups in total. The van der Waals surface area contributed by atoms with E-state index in [9.17, 15) is 9.90 Å². The fraction of sp³-hybridized carbons (Fsp3) is 0.588.